The number of nitrogens with one attached hydrogen (secondary N) is 1. The van der Waals surface area contributed by atoms with Crippen LogP contribution in [0.1, 0.15) is 13.3 Å². The van der Waals surface area contributed by atoms with Crippen LogP contribution in [-0.4, -0.2) is 11.9 Å². The fraction of sp³-hybridized carbons (Fsp3) is 0.750. The molecule has 0 bridgehead atoms. The number of halogens is 1. The third-order valence-corrected chi connectivity index (χ3v) is 0.883. The molecule has 1 atom stereocenters. The summed E-state index contributed by atoms with van der Waals surface area (Å²) in [6, 6.07) is -0.824. The van der Waals surface area contributed by atoms with Crippen molar-refractivity contribution in [2.24, 2.45) is 5.73 Å². The SMILES string of the molecule is CCC(NF)C(N)=O. The van der Waals surface area contributed by atoms with Crippen LogP contribution in [0.25, 0.3) is 0 Å². The number of carbonyl (C=O) groups excluding carboxylic acids is 1. The maximum absolute atomic E-state index is 11.4. The summed E-state index contributed by atoms with van der Waals surface area (Å²) in [5.41, 5.74) is 5.99. The van der Waals surface area contributed by atoms with Gasteiger partial charge in [0, 0.05) is 0 Å². The Balaban J connectivity index is 3.52. The van der Waals surface area contributed by atoms with E-state index in [0.29, 0.717) is 6.42 Å². The molecule has 3 N–H and O–H groups in total. The van der Waals surface area contributed by atoms with E-state index in [1.807, 2.05) is 0 Å². The lowest BCUT2D eigenvalue weighted by molar-refractivity contribution is -0.121. The number of hydrogen-bond acceptors (Lipinski definition) is 2. The molecule has 0 rings (SSSR count). The number of amides is 1. The van der Waals surface area contributed by atoms with Crippen LogP contribution in [0, 0.1) is 0 Å². The maximum Gasteiger partial charge on any atom is 0.237 e. The normalized spacial score (nSPS) is 13.2. The van der Waals surface area contributed by atoms with Crippen molar-refractivity contribution in [1.29, 1.82) is 0 Å². The number of primary amides is 1. The van der Waals surface area contributed by atoms with Crippen molar-refractivity contribution in [2.75, 3.05) is 0 Å². The summed E-state index contributed by atoms with van der Waals surface area (Å²) in [5, 5.41) is 0. The minimum Gasteiger partial charge on any atom is -0.368 e. The molecule has 0 aliphatic carbocycles. The predicted octanol–water partition coefficient (Wildman–Crippen LogP) is -0.276. The number of rotatable bonds is 3. The van der Waals surface area contributed by atoms with Gasteiger partial charge in [-0.3, -0.25) is 4.79 Å². The Morgan fingerprint density at radius 1 is 2.00 bits per heavy atom. The minimum atomic E-state index is -0.824. The smallest absolute Gasteiger partial charge is 0.237 e. The highest BCUT2D eigenvalue weighted by molar-refractivity contribution is 5.79. The Bertz CT molecular complexity index is 82.1. The lowest BCUT2D eigenvalue weighted by Gasteiger charge is -2.02. The van der Waals surface area contributed by atoms with E-state index in [-0.39, 0.29) is 0 Å². The van der Waals surface area contributed by atoms with Gasteiger partial charge in [-0.1, -0.05) is 6.92 Å². The molecule has 0 heterocycles. The van der Waals surface area contributed by atoms with Gasteiger partial charge in [-0.2, -0.15) is 0 Å². The highest BCUT2D eigenvalue weighted by Gasteiger charge is 2.09. The number of nitrogens with two attached hydrogens (primary N) is 1. The molecule has 0 aromatic carbocycles. The van der Waals surface area contributed by atoms with Crippen molar-refractivity contribution in [3.05, 3.63) is 0 Å². The van der Waals surface area contributed by atoms with Gasteiger partial charge in [-0.25, -0.2) is 0 Å². The lowest BCUT2D eigenvalue weighted by atomic mass is 10.2. The third kappa shape index (κ3) is 1.88. The van der Waals surface area contributed by atoms with Gasteiger partial charge in [0.05, 0.1) is 0 Å². The highest BCUT2D eigenvalue weighted by atomic mass is 19.2. The second-order valence-electron chi connectivity index (χ2n) is 1.47. The largest absolute Gasteiger partial charge is 0.368 e. The topological polar surface area (TPSA) is 55.1 Å². The molecular weight excluding hydrogens is 111 g/mol. The molecule has 0 aromatic rings. The Morgan fingerprint density at radius 2 is 2.50 bits per heavy atom. The van der Waals surface area contributed by atoms with E-state index < -0.39 is 11.9 Å². The lowest BCUT2D eigenvalue weighted by Crippen LogP contribution is -2.36. The molecule has 0 aromatic heterocycles. The first kappa shape index (κ1) is 7.36. The monoisotopic (exact) mass is 120 g/mol. The quantitative estimate of drug-likeness (QED) is 0.503. The van der Waals surface area contributed by atoms with Crippen LogP contribution in [0.15, 0.2) is 0 Å². The van der Waals surface area contributed by atoms with Crippen molar-refractivity contribution < 1.29 is 9.28 Å². The number of carbonyl (C=O) groups is 1. The molecule has 0 aliphatic rings. The minimum absolute atomic E-state index is 0.381. The van der Waals surface area contributed by atoms with Gasteiger partial charge in [-0.05, 0) is 6.42 Å². The summed E-state index contributed by atoms with van der Waals surface area (Å²) in [5.74, 6) is -0.657. The Morgan fingerprint density at radius 3 is 2.50 bits per heavy atom. The summed E-state index contributed by atoms with van der Waals surface area (Å²) in [4.78, 5) is 10.1. The zero-order valence-corrected chi connectivity index (χ0v) is 4.65. The van der Waals surface area contributed by atoms with Gasteiger partial charge in [0.1, 0.15) is 6.04 Å². The molecule has 3 nitrogen and oxygen atoms in total. The summed E-state index contributed by atoms with van der Waals surface area (Å²) in [6.07, 6.45) is 0.381. The second kappa shape index (κ2) is 3.37. The molecule has 0 radical (unpaired) electrons. The van der Waals surface area contributed by atoms with E-state index >= 15 is 0 Å². The second-order valence-corrected chi connectivity index (χ2v) is 1.47. The van der Waals surface area contributed by atoms with Crippen LogP contribution in [0.4, 0.5) is 4.48 Å². The van der Waals surface area contributed by atoms with Gasteiger partial charge in [0.2, 0.25) is 5.91 Å². The summed E-state index contributed by atoms with van der Waals surface area (Å²) in [6.45, 7) is 1.67. The first-order valence-electron chi connectivity index (χ1n) is 2.37. The van der Waals surface area contributed by atoms with Crippen LogP contribution in [0.3, 0.4) is 0 Å². The van der Waals surface area contributed by atoms with E-state index in [0.717, 1.165) is 0 Å². The summed E-state index contributed by atoms with van der Waals surface area (Å²) in [7, 11) is 0. The average molecular weight is 120 g/mol. The molecule has 1 amide bonds. The average Bonchev–Trinajstić information content (AvgIpc) is 1.69. The maximum atomic E-state index is 11.4. The zero-order valence-electron chi connectivity index (χ0n) is 4.65. The van der Waals surface area contributed by atoms with Crippen LogP contribution in [0.2, 0.25) is 0 Å². The van der Waals surface area contributed by atoms with Gasteiger partial charge >= 0.3 is 0 Å². The molecule has 4 heteroatoms. The van der Waals surface area contributed by atoms with E-state index in [1.165, 1.54) is 5.54 Å². The molecular formula is C4H9FN2O. The van der Waals surface area contributed by atoms with Crippen LogP contribution in [-0.2, 0) is 4.79 Å². The fourth-order valence-electron chi connectivity index (χ4n) is 0.332. The molecule has 0 saturated heterocycles. The van der Waals surface area contributed by atoms with E-state index in [2.05, 4.69) is 0 Å². The predicted molar refractivity (Wildman–Crippen MR) is 27.5 cm³/mol. The molecule has 0 spiro atoms. The van der Waals surface area contributed by atoms with Crippen molar-refractivity contribution in [1.82, 2.24) is 5.54 Å². The molecule has 0 saturated carbocycles. The summed E-state index contributed by atoms with van der Waals surface area (Å²) < 4.78 is 11.4. The number of hydrogen-bond donors (Lipinski definition) is 2. The van der Waals surface area contributed by atoms with Crippen LogP contribution < -0.4 is 11.3 Å². The van der Waals surface area contributed by atoms with Gasteiger partial charge in [0.25, 0.3) is 0 Å². The van der Waals surface area contributed by atoms with Crippen molar-refractivity contribution in [3.63, 3.8) is 0 Å². The fourth-order valence-corrected chi connectivity index (χ4v) is 0.332. The first-order valence-corrected chi connectivity index (χ1v) is 2.37. The third-order valence-electron chi connectivity index (χ3n) is 0.883. The van der Waals surface area contributed by atoms with Crippen molar-refractivity contribution >= 4 is 5.91 Å². The molecule has 1 unspecified atom stereocenters. The standard InChI is InChI=1S/C4H9FN2O/c1-2-3(7-5)4(6)8/h3,7H,2H2,1H3,(H2,6,8). The molecule has 48 valence electrons. The summed E-state index contributed by atoms with van der Waals surface area (Å²) >= 11 is 0. The first-order chi connectivity index (χ1) is 3.72. The highest BCUT2D eigenvalue weighted by Crippen LogP contribution is 1.86. The Kier molecular flexibility index (Phi) is 3.10. The molecule has 8 heavy (non-hydrogen) atoms. The van der Waals surface area contributed by atoms with E-state index in [1.54, 1.807) is 6.92 Å². The molecule has 0 aliphatic heterocycles. The van der Waals surface area contributed by atoms with Crippen molar-refractivity contribution in [3.8, 4) is 0 Å². The Hall–Kier alpha value is -0.640. The molecule has 0 fully saturated rings. The van der Waals surface area contributed by atoms with Gasteiger partial charge in [0.15, 0.2) is 0 Å². The van der Waals surface area contributed by atoms with Gasteiger partial charge < -0.3 is 5.73 Å². The zero-order chi connectivity index (χ0) is 6.57. The van der Waals surface area contributed by atoms with Crippen LogP contribution >= 0.6 is 0 Å². The van der Waals surface area contributed by atoms with E-state index in [9.17, 15) is 9.28 Å². The Labute approximate surface area is 47.0 Å². The van der Waals surface area contributed by atoms with Gasteiger partial charge in [-0.15, -0.1) is 10.0 Å². The van der Waals surface area contributed by atoms with E-state index in [4.69, 9.17) is 5.73 Å². The van der Waals surface area contributed by atoms with Crippen LogP contribution in [0.5, 0.6) is 0 Å². The van der Waals surface area contributed by atoms with Crippen molar-refractivity contribution in [2.45, 2.75) is 19.4 Å².